The van der Waals surface area contributed by atoms with Crippen LogP contribution in [0.1, 0.15) is 21.1 Å². The van der Waals surface area contributed by atoms with Crippen LogP contribution in [-0.2, 0) is 6.42 Å². The van der Waals surface area contributed by atoms with Gasteiger partial charge in [-0.3, -0.25) is 0 Å². The number of rotatable bonds is 5. The third kappa shape index (κ3) is 3.65. The van der Waals surface area contributed by atoms with Crippen LogP contribution < -0.4 is 5.32 Å². The van der Waals surface area contributed by atoms with E-state index >= 15 is 0 Å². The molecule has 0 aromatic carbocycles. The Labute approximate surface area is 119 Å². The summed E-state index contributed by atoms with van der Waals surface area (Å²) in [6.07, 6.45) is 0.714. The van der Waals surface area contributed by atoms with Gasteiger partial charge in [-0.15, -0.1) is 11.3 Å². The van der Waals surface area contributed by atoms with E-state index in [4.69, 9.17) is 16.7 Å². The fourth-order valence-electron chi connectivity index (χ4n) is 1.55. The first-order valence-corrected chi connectivity index (χ1v) is 6.87. The molecule has 5 nitrogen and oxygen atoms in total. The standard InChI is InChI=1S/C12H12ClN3O2S/c1-7-6-19-10(15-7)4-5-14-11-8(12(17)18)2-3-9(13)16-11/h2-3,6H,4-5H2,1H3,(H,14,16)(H,17,18). The predicted molar refractivity (Wildman–Crippen MR) is 75.3 cm³/mol. The Morgan fingerprint density at radius 2 is 2.26 bits per heavy atom. The third-order valence-corrected chi connectivity index (χ3v) is 3.63. The second-order valence-corrected chi connectivity index (χ2v) is 5.22. The van der Waals surface area contributed by atoms with Gasteiger partial charge in [-0.05, 0) is 19.1 Å². The zero-order valence-corrected chi connectivity index (χ0v) is 11.8. The van der Waals surface area contributed by atoms with E-state index in [2.05, 4.69) is 15.3 Å². The minimum Gasteiger partial charge on any atom is -0.478 e. The predicted octanol–water partition coefficient (Wildman–Crippen LogP) is 2.85. The van der Waals surface area contributed by atoms with E-state index in [-0.39, 0.29) is 16.5 Å². The van der Waals surface area contributed by atoms with Crippen molar-refractivity contribution in [3.05, 3.63) is 38.9 Å². The summed E-state index contributed by atoms with van der Waals surface area (Å²) < 4.78 is 0. The van der Waals surface area contributed by atoms with E-state index in [0.717, 1.165) is 10.7 Å². The maximum atomic E-state index is 11.0. The average molecular weight is 298 g/mol. The summed E-state index contributed by atoms with van der Waals surface area (Å²) in [4.78, 5) is 19.4. The number of thiazole rings is 1. The number of aryl methyl sites for hydroxylation is 1. The lowest BCUT2D eigenvalue weighted by atomic mass is 10.2. The highest BCUT2D eigenvalue weighted by Crippen LogP contribution is 2.17. The maximum absolute atomic E-state index is 11.0. The lowest BCUT2D eigenvalue weighted by Gasteiger charge is -2.07. The van der Waals surface area contributed by atoms with Gasteiger partial charge in [0.25, 0.3) is 0 Å². The number of nitrogens with zero attached hydrogens (tertiary/aromatic N) is 2. The molecular formula is C12H12ClN3O2S. The smallest absolute Gasteiger partial charge is 0.339 e. The summed E-state index contributed by atoms with van der Waals surface area (Å²) in [7, 11) is 0. The van der Waals surface area contributed by atoms with Crippen LogP contribution in [0.25, 0.3) is 0 Å². The van der Waals surface area contributed by atoms with Crippen LogP contribution in [0.5, 0.6) is 0 Å². The van der Waals surface area contributed by atoms with Crippen molar-refractivity contribution in [3.8, 4) is 0 Å². The number of carbonyl (C=O) groups is 1. The Kier molecular flexibility index (Phi) is 4.34. The number of nitrogens with one attached hydrogen (secondary N) is 1. The maximum Gasteiger partial charge on any atom is 0.339 e. The normalized spacial score (nSPS) is 10.4. The molecule has 0 radical (unpaired) electrons. The number of pyridine rings is 1. The van der Waals surface area contributed by atoms with Gasteiger partial charge in [-0.2, -0.15) is 0 Å². The average Bonchev–Trinajstić information content (AvgIpc) is 2.75. The molecule has 0 atom stereocenters. The highest BCUT2D eigenvalue weighted by molar-refractivity contribution is 7.09. The van der Waals surface area contributed by atoms with E-state index in [1.807, 2.05) is 12.3 Å². The fraction of sp³-hybridized carbons (Fsp3) is 0.250. The monoisotopic (exact) mass is 297 g/mol. The molecule has 0 fully saturated rings. The first-order chi connectivity index (χ1) is 9.06. The van der Waals surface area contributed by atoms with E-state index in [1.54, 1.807) is 11.3 Å². The Hall–Kier alpha value is -1.66. The topological polar surface area (TPSA) is 75.1 Å². The number of hydrogen-bond donors (Lipinski definition) is 2. The first kappa shape index (κ1) is 13.8. The third-order valence-electron chi connectivity index (χ3n) is 2.39. The summed E-state index contributed by atoms with van der Waals surface area (Å²) in [5, 5.41) is 15.3. The van der Waals surface area contributed by atoms with Crippen LogP contribution in [0.3, 0.4) is 0 Å². The minimum absolute atomic E-state index is 0.111. The van der Waals surface area contributed by atoms with Gasteiger partial charge in [-0.25, -0.2) is 14.8 Å². The minimum atomic E-state index is -1.03. The molecule has 0 aliphatic carbocycles. The quantitative estimate of drug-likeness (QED) is 0.830. The van der Waals surface area contributed by atoms with Crippen LogP contribution >= 0.6 is 22.9 Å². The number of anilines is 1. The summed E-state index contributed by atoms with van der Waals surface area (Å²) in [6, 6.07) is 2.90. The lowest BCUT2D eigenvalue weighted by molar-refractivity contribution is 0.0697. The van der Waals surface area contributed by atoms with Crippen molar-refractivity contribution in [1.82, 2.24) is 9.97 Å². The second-order valence-electron chi connectivity index (χ2n) is 3.89. The van der Waals surface area contributed by atoms with Gasteiger partial charge >= 0.3 is 5.97 Å². The van der Waals surface area contributed by atoms with Gasteiger partial charge in [-0.1, -0.05) is 11.6 Å². The summed E-state index contributed by atoms with van der Waals surface area (Å²) in [5.74, 6) is -0.745. The van der Waals surface area contributed by atoms with Crippen LogP contribution in [-0.4, -0.2) is 27.6 Å². The summed E-state index contributed by atoms with van der Waals surface area (Å²) in [5.41, 5.74) is 1.10. The van der Waals surface area contributed by atoms with Crippen molar-refractivity contribution in [2.45, 2.75) is 13.3 Å². The highest BCUT2D eigenvalue weighted by Gasteiger charge is 2.11. The van der Waals surface area contributed by atoms with Crippen molar-refractivity contribution in [2.24, 2.45) is 0 Å². The molecule has 2 aromatic heterocycles. The molecule has 2 aromatic rings. The molecule has 100 valence electrons. The van der Waals surface area contributed by atoms with Crippen LogP contribution in [0.4, 0.5) is 5.82 Å². The number of aromatic carboxylic acids is 1. The Morgan fingerprint density at radius 1 is 1.47 bits per heavy atom. The largest absolute Gasteiger partial charge is 0.478 e. The molecule has 0 bridgehead atoms. The van der Waals surface area contributed by atoms with E-state index < -0.39 is 5.97 Å². The number of hydrogen-bond acceptors (Lipinski definition) is 5. The number of carboxylic acids is 1. The van der Waals surface area contributed by atoms with Gasteiger partial charge in [0.05, 0.1) is 5.01 Å². The van der Waals surface area contributed by atoms with Crippen LogP contribution in [0.15, 0.2) is 17.5 Å². The van der Waals surface area contributed by atoms with E-state index in [0.29, 0.717) is 13.0 Å². The van der Waals surface area contributed by atoms with Crippen molar-refractivity contribution in [3.63, 3.8) is 0 Å². The van der Waals surface area contributed by atoms with Crippen LogP contribution in [0, 0.1) is 6.92 Å². The molecule has 7 heteroatoms. The Morgan fingerprint density at radius 3 is 2.89 bits per heavy atom. The molecule has 2 rings (SSSR count). The Balaban J connectivity index is 2.02. The van der Waals surface area contributed by atoms with Gasteiger partial charge in [0.15, 0.2) is 0 Å². The van der Waals surface area contributed by atoms with Crippen molar-refractivity contribution >= 4 is 34.7 Å². The van der Waals surface area contributed by atoms with Gasteiger partial charge < -0.3 is 10.4 Å². The summed E-state index contributed by atoms with van der Waals surface area (Å²) >= 11 is 7.35. The van der Waals surface area contributed by atoms with Crippen molar-refractivity contribution < 1.29 is 9.90 Å². The number of halogens is 1. The molecule has 0 aliphatic heterocycles. The number of aromatic nitrogens is 2. The first-order valence-electron chi connectivity index (χ1n) is 5.61. The lowest BCUT2D eigenvalue weighted by Crippen LogP contribution is -2.11. The molecule has 0 saturated carbocycles. The van der Waals surface area contributed by atoms with E-state index in [1.165, 1.54) is 12.1 Å². The zero-order valence-electron chi connectivity index (χ0n) is 10.2. The summed E-state index contributed by atoms with van der Waals surface area (Å²) in [6.45, 7) is 2.50. The van der Waals surface area contributed by atoms with Crippen molar-refractivity contribution in [2.75, 3.05) is 11.9 Å². The van der Waals surface area contributed by atoms with Gasteiger partial charge in [0.1, 0.15) is 16.5 Å². The zero-order chi connectivity index (χ0) is 13.8. The molecule has 19 heavy (non-hydrogen) atoms. The Bertz CT molecular complexity index is 600. The molecule has 2 heterocycles. The number of carboxylic acid groups (broad SMARTS) is 1. The second kappa shape index (κ2) is 5.99. The highest BCUT2D eigenvalue weighted by atomic mass is 35.5. The molecule has 0 amide bonds. The van der Waals surface area contributed by atoms with Gasteiger partial charge in [0, 0.05) is 24.0 Å². The van der Waals surface area contributed by atoms with E-state index in [9.17, 15) is 4.79 Å². The molecule has 0 unspecified atom stereocenters. The molecule has 0 aliphatic rings. The van der Waals surface area contributed by atoms with Gasteiger partial charge in [0.2, 0.25) is 0 Å². The van der Waals surface area contributed by atoms with Crippen LogP contribution in [0.2, 0.25) is 5.15 Å². The fourth-order valence-corrected chi connectivity index (χ4v) is 2.47. The SMILES string of the molecule is Cc1csc(CCNc2nc(Cl)ccc2C(=O)O)n1. The molecule has 0 spiro atoms. The molecule has 0 saturated heterocycles. The molecular weight excluding hydrogens is 286 g/mol. The molecule has 2 N–H and O–H groups in total. The van der Waals surface area contributed by atoms with Crippen molar-refractivity contribution in [1.29, 1.82) is 0 Å².